The molecule has 15 rings (SSSR count). The van der Waals surface area contributed by atoms with Crippen LogP contribution in [0.1, 0.15) is 105 Å². The maximum atomic E-state index is 2.72. The topological polar surface area (TPSA) is 3.24 Å². The van der Waals surface area contributed by atoms with Gasteiger partial charge in [-0.3, -0.25) is 0 Å². The molecule has 9 aliphatic rings. The van der Waals surface area contributed by atoms with Gasteiger partial charge in [0.25, 0.3) is 0 Å². The van der Waals surface area contributed by atoms with Crippen LogP contribution in [0.5, 0.6) is 0 Å². The van der Waals surface area contributed by atoms with Crippen molar-refractivity contribution in [2.45, 2.75) is 87.9 Å². The first-order valence-corrected chi connectivity index (χ1v) is 22.5. The van der Waals surface area contributed by atoms with Gasteiger partial charge in [-0.1, -0.05) is 117 Å². The predicted octanol–water partition coefficient (Wildman–Crippen LogP) is 14.3. The van der Waals surface area contributed by atoms with Gasteiger partial charge in [-0.05, 0) is 178 Å². The molecule has 0 aromatic heterocycles. The van der Waals surface area contributed by atoms with E-state index in [0.29, 0.717) is 0 Å². The van der Waals surface area contributed by atoms with Crippen LogP contribution >= 0.6 is 0 Å². The Balaban J connectivity index is 1.03. The Hall–Kier alpha value is -4.88. The molecule has 3 atom stereocenters. The van der Waals surface area contributed by atoms with Crippen LogP contribution in [0.3, 0.4) is 0 Å². The average molecular weight is 738 g/mol. The van der Waals surface area contributed by atoms with E-state index >= 15 is 0 Å². The second-order valence-electron chi connectivity index (χ2n) is 20.5. The van der Waals surface area contributed by atoms with Crippen LogP contribution < -0.4 is 4.90 Å². The molecule has 1 nitrogen and oxygen atoms in total. The van der Waals surface area contributed by atoms with Gasteiger partial charge in [0.05, 0.1) is 5.69 Å². The Morgan fingerprint density at radius 2 is 1.00 bits per heavy atom. The van der Waals surface area contributed by atoms with Crippen molar-refractivity contribution in [2.75, 3.05) is 4.90 Å². The lowest BCUT2D eigenvalue weighted by Gasteiger charge is -2.61. The second kappa shape index (κ2) is 10.8. The van der Waals surface area contributed by atoms with Crippen molar-refractivity contribution in [3.05, 3.63) is 161 Å². The van der Waals surface area contributed by atoms with Gasteiger partial charge < -0.3 is 4.90 Å². The van der Waals surface area contributed by atoms with Gasteiger partial charge >= 0.3 is 0 Å². The smallest absolute Gasteiger partial charge is 0.0543 e. The zero-order valence-corrected chi connectivity index (χ0v) is 33.4. The van der Waals surface area contributed by atoms with E-state index in [0.717, 1.165) is 35.5 Å². The molecule has 9 aliphatic carbocycles. The number of nitrogens with zero attached hydrogens (tertiary/aromatic N) is 1. The van der Waals surface area contributed by atoms with Crippen LogP contribution in [-0.2, 0) is 16.2 Å². The summed E-state index contributed by atoms with van der Waals surface area (Å²) >= 11 is 0. The van der Waals surface area contributed by atoms with Gasteiger partial charge in [0.15, 0.2) is 0 Å². The molecule has 1 heteroatoms. The molecular formula is C56H51N. The summed E-state index contributed by atoms with van der Waals surface area (Å²) in [5.74, 6) is 4.94. The lowest BCUT2D eigenvalue weighted by Crippen LogP contribution is -2.55. The first kappa shape index (κ1) is 32.1. The number of benzene rings is 6. The zero-order chi connectivity index (χ0) is 37.4. The summed E-state index contributed by atoms with van der Waals surface area (Å²) in [6.07, 6.45) is 12.6. The fraction of sp³-hybridized carbons (Fsp3) is 0.357. The lowest BCUT2D eigenvalue weighted by atomic mass is 9.43. The third-order valence-corrected chi connectivity index (χ3v) is 17.9. The Morgan fingerprint density at radius 1 is 0.439 bits per heavy atom. The Kier molecular flexibility index (Phi) is 6.08. The van der Waals surface area contributed by atoms with Crippen molar-refractivity contribution in [3.8, 4) is 33.4 Å². The number of hydrogen-bond donors (Lipinski definition) is 0. The Bertz CT molecular complexity index is 2700. The molecule has 57 heavy (non-hydrogen) atoms. The fourth-order valence-electron chi connectivity index (χ4n) is 16.1. The number of rotatable bonds is 3. The van der Waals surface area contributed by atoms with Crippen LogP contribution in [0.4, 0.5) is 17.1 Å². The number of anilines is 3. The van der Waals surface area contributed by atoms with Crippen LogP contribution in [0.25, 0.3) is 33.4 Å². The summed E-state index contributed by atoms with van der Waals surface area (Å²) in [5.41, 5.74) is 22.2. The average Bonchev–Trinajstić information content (AvgIpc) is 4.03. The van der Waals surface area contributed by atoms with E-state index in [2.05, 4.69) is 146 Å². The maximum absolute atomic E-state index is 2.72. The van der Waals surface area contributed by atoms with Crippen molar-refractivity contribution in [1.29, 1.82) is 0 Å². The van der Waals surface area contributed by atoms with Crippen LogP contribution in [0.15, 0.2) is 127 Å². The van der Waals surface area contributed by atoms with Gasteiger partial charge in [-0.2, -0.15) is 0 Å². The minimum absolute atomic E-state index is 0.0734. The largest absolute Gasteiger partial charge is 0.310 e. The Morgan fingerprint density at radius 3 is 1.68 bits per heavy atom. The second-order valence-corrected chi connectivity index (χ2v) is 20.5. The van der Waals surface area contributed by atoms with E-state index in [4.69, 9.17) is 0 Å². The molecule has 0 saturated heterocycles. The first-order valence-electron chi connectivity index (χ1n) is 22.5. The minimum Gasteiger partial charge on any atom is -0.310 e. The molecule has 0 N–H and O–H groups in total. The van der Waals surface area contributed by atoms with Crippen LogP contribution in [-0.4, -0.2) is 0 Å². The van der Waals surface area contributed by atoms with E-state index in [1.165, 1.54) is 119 Å². The molecule has 3 unspecified atom stereocenters. The highest BCUT2D eigenvalue weighted by Gasteiger charge is 2.62. The van der Waals surface area contributed by atoms with E-state index in [-0.39, 0.29) is 16.2 Å². The highest BCUT2D eigenvalue weighted by molar-refractivity contribution is 5.97. The van der Waals surface area contributed by atoms with E-state index in [1.807, 2.05) is 0 Å². The first-order chi connectivity index (χ1) is 27.9. The monoisotopic (exact) mass is 737 g/mol. The third kappa shape index (κ3) is 3.80. The third-order valence-electron chi connectivity index (χ3n) is 17.9. The molecule has 6 aromatic rings. The maximum Gasteiger partial charge on any atom is 0.0543 e. The molecule has 6 aromatic carbocycles. The summed E-state index contributed by atoms with van der Waals surface area (Å²) in [5, 5.41) is 0. The molecule has 6 bridgehead atoms. The standard InChI is InChI=1S/C56H51N/c1-54(2)46-13-6-3-10-41(46)43-22-20-39(30-50(43)54)57(40-21-23-44-42-11-4-7-14-47(42)55(51(44)31-40)32-33-18-19-36(55)25-33)52-17-9-16-49-53(52)45-12-5-8-15-48(45)56(49)37-26-34-24-35(28-37)29-38(56)27-34/h3-17,20-23,30-31,33-38H,18-19,24-29,32H2,1-2H3. The summed E-state index contributed by atoms with van der Waals surface area (Å²) in [6.45, 7) is 4.87. The van der Waals surface area contributed by atoms with Gasteiger partial charge in [0, 0.05) is 33.2 Å². The van der Waals surface area contributed by atoms with Gasteiger partial charge in [-0.15, -0.1) is 0 Å². The van der Waals surface area contributed by atoms with E-state index in [9.17, 15) is 0 Å². The van der Waals surface area contributed by atoms with Gasteiger partial charge in [0.2, 0.25) is 0 Å². The molecule has 0 aliphatic heterocycles. The molecular weight excluding hydrogens is 687 g/mol. The molecule has 2 spiro atoms. The normalized spacial score (nSPS) is 31.7. The molecule has 0 heterocycles. The summed E-state index contributed by atoms with van der Waals surface area (Å²) in [7, 11) is 0. The van der Waals surface area contributed by atoms with Crippen LogP contribution in [0.2, 0.25) is 0 Å². The number of fused-ring (bicyclic) bond motifs is 14. The molecule has 0 amide bonds. The quantitative estimate of drug-likeness (QED) is 0.175. The molecule has 280 valence electrons. The molecule has 0 radical (unpaired) electrons. The van der Waals surface area contributed by atoms with Crippen molar-refractivity contribution in [2.24, 2.45) is 35.5 Å². The minimum atomic E-state index is -0.0734. The zero-order valence-electron chi connectivity index (χ0n) is 33.4. The Labute approximate surface area is 338 Å². The summed E-state index contributed by atoms with van der Waals surface area (Å²) in [6, 6.07) is 50.9. The van der Waals surface area contributed by atoms with Crippen LogP contribution in [0, 0.1) is 35.5 Å². The van der Waals surface area contributed by atoms with Gasteiger partial charge in [0.1, 0.15) is 0 Å². The van der Waals surface area contributed by atoms with Gasteiger partial charge in [-0.25, -0.2) is 0 Å². The SMILES string of the molecule is CC1(C)c2ccccc2-c2ccc(N(c3ccc4c(c3)C3(CC5CCC3C5)c3ccccc3-4)c3cccc4c3-c3ccccc3C43C4CC5CC(C4)CC3C5)cc21. The van der Waals surface area contributed by atoms with Crippen molar-refractivity contribution in [1.82, 2.24) is 0 Å². The summed E-state index contributed by atoms with van der Waals surface area (Å²) in [4.78, 5) is 2.72. The van der Waals surface area contributed by atoms with Crippen molar-refractivity contribution < 1.29 is 0 Å². The molecule has 6 saturated carbocycles. The van der Waals surface area contributed by atoms with E-state index < -0.39 is 0 Å². The van der Waals surface area contributed by atoms with Crippen molar-refractivity contribution in [3.63, 3.8) is 0 Å². The fourth-order valence-corrected chi connectivity index (χ4v) is 16.1. The number of hydrogen-bond acceptors (Lipinski definition) is 1. The van der Waals surface area contributed by atoms with E-state index in [1.54, 1.807) is 22.3 Å². The predicted molar refractivity (Wildman–Crippen MR) is 234 cm³/mol. The summed E-state index contributed by atoms with van der Waals surface area (Å²) < 4.78 is 0. The highest BCUT2D eigenvalue weighted by atomic mass is 15.1. The highest BCUT2D eigenvalue weighted by Crippen LogP contribution is 2.71. The lowest BCUT2D eigenvalue weighted by molar-refractivity contribution is -0.0399. The molecule has 6 fully saturated rings. The van der Waals surface area contributed by atoms with Crippen molar-refractivity contribution >= 4 is 17.1 Å².